The molecular formula is C13H13F3O4. The highest BCUT2D eigenvalue weighted by Crippen LogP contribution is 2.25. The summed E-state index contributed by atoms with van der Waals surface area (Å²) in [6.45, 7) is 2.79. The Hall–Kier alpha value is -2.05. The molecule has 0 radical (unpaired) electrons. The molecule has 4 nitrogen and oxygen atoms in total. The first-order chi connectivity index (χ1) is 9.21. The molecule has 0 N–H and O–H groups in total. The van der Waals surface area contributed by atoms with Crippen LogP contribution in [0.15, 0.2) is 30.3 Å². The molecule has 0 aliphatic rings. The van der Waals surface area contributed by atoms with E-state index in [1.54, 1.807) is 6.07 Å². The second kappa shape index (κ2) is 6.40. The molecule has 110 valence electrons. The summed E-state index contributed by atoms with van der Waals surface area (Å²) in [5.74, 6) is -2.88. The van der Waals surface area contributed by atoms with Crippen molar-refractivity contribution in [2.24, 2.45) is 0 Å². The monoisotopic (exact) mass is 290 g/mol. The van der Waals surface area contributed by atoms with Crippen LogP contribution in [0, 0.1) is 0 Å². The number of carbonyl (C=O) groups excluding carboxylic acids is 2. The smallest absolute Gasteiger partial charge is 0.436 e. The van der Waals surface area contributed by atoms with E-state index in [4.69, 9.17) is 0 Å². The first kappa shape index (κ1) is 16.0. The van der Waals surface area contributed by atoms with Gasteiger partial charge in [0.25, 0.3) is 6.10 Å². The number of carbonyl (C=O) groups is 2. The maximum Gasteiger partial charge on any atom is 0.436 e. The Morgan fingerprint density at radius 3 is 2.05 bits per heavy atom. The molecule has 0 saturated carbocycles. The fourth-order valence-corrected chi connectivity index (χ4v) is 1.29. The molecule has 1 atom stereocenters. The SMILES string of the molecule is CC(C)OC(=O)[C@H](OC(=O)c1ccccc1)C(F)(F)F. The zero-order chi connectivity index (χ0) is 15.3. The van der Waals surface area contributed by atoms with E-state index in [1.165, 1.54) is 38.1 Å². The van der Waals surface area contributed by atoms with Gasteiger partial charge in [0.1, 0.15) is 0 Å². The maximum absolute atomic E-state index is 12.7. The number of rotatable bonds is 4. The van der Waals surface area contributed by atoms with Crippen molar-refractivity contribution in [1.29, 1.82) is 0 Å². The molecule has 0 heterocycles. The van der Waals surface area contributed by atoms with Crippen LogP contribution in [-0.4, -0.2) is 30.3 Å². The number of alkyl halides is 3. The van der Waals surface area contributed by atoms with Gasteiger partial charge in [-0.15, -0.1) is 0 Å². The standard InChI is InChI=1S/C13H13F3O4/c1-8(2)19-12(18)10(13(14,15)16)20-11(17)9-6-4-3-5-7-9/h3-8,10H,1-2H3/t10-/m0/s1. The Bertz CT molecular complexity index is 468. The van der Waals surface area contributed by atoms with Crippen molar-refractivity contribution in [3.05, 3.63) is 35.9 Å². The van der Waals surface area contributed by atoms with Crippen LogP contribution in [-0.2, 0) is 14.3 Å². The van der Waals surface area contributed by atoms with E-state index >= 15 is 0 Å². The Morgan fingerprint density at radius 2 is 1.60 bits per heavy atom. The van der Waals surface area contributed by atoms with Crippen molar-refractivity contribution >= 4 is 11.9 Å². The molecule has 0 saturated heterocycles. The lowest BCUT2D eigenvalue weighted by Gasteiger charge is -2.20. The van der Waals surface area contributed by atoms with Crippen LogP contribution in [0.3, 0.4) is 0 Å². The lowest BCUT2D eigenvalue weighted by Crippen LogP contribution is -2.42. The predicted octanol–water partition coefficient (Wildman–Crippen LogP) is 2.73. The van der Waals surface area contributed by atoms with Gasteiger partial charge >= 0.3 is 18.1 Å². The lowest BCUT2D eigenvalue weighted by atomic mass is 10.2. The number of esters is 2. The van der Waals surface area contributed by atoms with Gasteiger partial charge in [0.05, 0.1) is 11.7 Å². The van der Waals surface area contributed by atoms with E-state index in [2.05, 4.69) is 9.47 Å². The van der Waals surface area contributed by atoms with E-state index in [1.807, 2.05) is 0 Å². The highest BCUT2D eigenvalue weighted by molar-refractivity contribution is 5.91. The molecule has 1 rings (SSSR count). The predicted molar refractivity (Wildman–Crippen MR) is 62.9 cm³/mol. The summed E-state index contributed by atoms with van der Waals surface area (Å²) in [7, 11) is 0. The van der Waals surface area contributed by atoms with Crippen LogP contribution in [0.4, 0.5) is 13.2 Å². The van der Waals surface area contributed by atoms with Gasteiger partial charge in [-0.05, 0) is 26.0 Å². The molecule has 0 amide bonds. The average molecular weight is 290 g/mol. The molecular weight excluding hydrogens is 277 g/mol. The van der Waals surface area contributed by atoms with E-state index in [0.717, 1.165) is 0 Å². The van der Waals surface area contributed by atoms with Gasteiger partial charge in [0, 0.05) is 0 Å². The molecule has 1 aromatic carbocycles. The van der Waals surface area contributed by atoms with Gasteiger partial charge in [-0.25, -0.2) is 9.59 Å². The Balaban J connectivity index is 2.86. The first-order valence-corrected chi connectivity index (χ1v) is 5.75. The molecule has 7 heteroatoms. The topological polar surface area (TPSA) is 52.6 Å². The summed E-state index contributed by atoms with van der Waals surface area (Å²) in [5, 5.41) is 0. The second-order valence-electron chi connectivity index (χ2n) is 4.18. The van der Waals surface area contributed by atoms with Crippen LogP contribution in [0.25, 0.3) is 0 Å². The first-order valence-electron chi connectivity index (χ1n) is 5.75. The summed E-state index contributed by atoms with van der Waals surface area (Å²) in [4.78, 5) is 22.9. The molecule has 1 aromatic rings. The van der Waals surface area contributed by atoms with Crippen molar-refractivity contribution in [1.82, 2.24) is 0 Å². The van der Waals surface area contributed by atoms with Crippen LogP contribution in [0.2, 0.25) is 0 Å². The fraction of sp³-hybridized carbons (Fsp3) is 0.385. The zero-order valence-corrected chi connectivity index (χ0v) is 10.8. The normalized spacial score (nSPS) is 12.9. The van der Waals surface area contributed by atoms with Crippen molar-refractivity contribution in [3.8, 4) is 0 Å². The summed E-state index contributed by atoms with van der Waals surface area (Å²) in [5.41, 5.74) is -0.0842. The van der Waals surface area contributed by atoms with E-state index in [0.29, 0.717) is 0 Å². The quantitative estimate of drug-likeness (QED) is 0.800. The minimum Gasteiger partial charge on any atom is -0.460 e. The number of hydrogen-bond acceptors (Lipinski definition) is 4. The minimum atomic E-state index is -5.03. The van der Waals surface area contributed by atoms with Crippen molar-refractivity contribution < 1.29 is 32.2 Å². The van der Waals surface area contributed by atoms with Gasteiger partial charge in [0.2, 0.25) is 0 Å². The van der Waals surface area contributed by atoms with Gasteiger partial charge < -0.3 is 9.47 Å². The van der Waals surface area contributed by atoms with E-state index < -0.39 is 30.3 Å². The van der Waals surface area contributed by atoms with Crippen molar-refractivity contribution in [2.75, 3.05) is 0 Å². The third-order valence-corrected chi connectivity index (χ3v) is 2.10. The van der Waals surface area contributed by atoms with Gasteiger partial charge in [-0.2, -0.15) is 13.2 Å². The van der Waals surface area contributed by atoms with E-state index in [-0.39, 0.29) is 5.56 Å². The molecule has 0 aromatic heterocycles. The van der Waals surface area contributed by atoms with E-state index in [9.17, 15) is 22.8 Å². The zero-order valence-electron chi connectivity index (χ0n) is 10.8. The molecule has 0 fully saturated rings. The molecule has 0 aliphatic carbocycles. The van der Waals surface area contributed by atoms with Gasteiger partial charge in [0.15, 0.2) is 0 Å². The van der Waals surface area contributed by atoms with Crippen molar-refractivity contribution in [3.63, 3.8) is 0 Å². The number of benzene rings is 1. The molecule has 0 unspecified atom stereocenters. The number of halogens is 3. The van der Waals surface area contributed by atoms with Crippen LogP contribution >= 0.6 is 0 Å². The van der Waals surface area contributed by atoms with Crippen LogP contribution in [0.1, 0.15) is 24.2 Å². The minimum absolute atomic E-state index is 0.0842. The third kappa shape index (κ3) is 4.56. The Kier molecular flexibility index (Phi) is 5.12. The van der Waals surface area contributed by atoms with Crippen molar-refractivity contribution in [2.45, 2.75) is 32.2 Å². The number of ether oxygens (including phenoxy) is 2. The fourth-order valence-electron chi connectivity index (χ4n) is 1.29. The summed E-state index contributed by atoms with van der Waals surface area (Å²) in [6.07, 6.45) is -8.71. The average Bonchev–Trinajstić information content (AvgIpc) is 2.34. The highest BCUT2D eigenvalue weighted by atomic mass is 19.4. The largest absolute Gasteiger partial charge is 0.460 e. The molecule has 20 heavy (non-hydrogen) atoms. The van der Waals surface area contributed by atoms with Crippen LogP contribution < -0.4 is 0 Å². The second-order valence-corrected chi connectivity index (χ2v) is 4.18. The summed E-state index contributed by atoms with van der Waals surface area (Å²) >= 11 is 0. The highest BCUT2D eigenvalue weighted by Gasteiger charge is 2.49. The van der Waals surface area contributed by atoms with Gasteiger partial charge in [-0.3, -0.25) is 0 Å². The van der Waals surface area contributed by atoms with Gasteiger partial charge in [-0.1, -0.05) is 18.2 Å². The third-order valence-electron chi connectivity index (χ3n) is 2.10. The Labute approximate surface area is 113 Å². The maximum atomic E-state index is 12.7. The molecule has 0 bridgehead atoms. The number of hydrogen-bond donors (Lipinski definition) is 0. The molecule has 0 spiro atoms. The van der Waals surface area contributed by atoms with Crippen LogP contribution in [0.5, 0.6) is 0 Å². The Morgan fingerprint density at radius 1 is 1.05 bits per heavy atom. The summed E-state index contributed by atoms with van der Waals surface area (Å²) in [6, 6.07) is 7.08. The molecule has 0 aliphatic heterocycles. The summed E-state index contributed by atoms with van der Waals surface area (Å²) < 4.78 is 46.8. The lowest BCUT2D eigenvalue weighted by molar-refractivity contribution is -0.220.